The Labute approximate surface area is 210 Å². The molecule has 34 heavy (non-hydrogen) atoms. The predicted molar refractivity (Wildman–Crippen MR) is 142 cm³/mol. The number of rotatable bonds is 5. The zero-order valence-corrected chi connectivity index (χ0v) is 23.8. The van der Waals surface area contributed by atoms with Crippen molar-refractivity contribution in [1.29, 1.82) is 0 Å². The molecule has 2 fully saturated rings. The molecular formula is C32H52O2. The van der Waals surface area contributed by atoms with Gasteiger partial charge in [0.1, 0.15) is 6.10 Å². The van der Waals surface area contributed by atoms with Gasteiger partial charge in [-0.25, -0.2) is 0 Å². The quantitative estimate of drug-likeness (QED) is 0.297. The van der Waals surface area contributed by atoms with Gasteiger partial charge in [0.05, 0.1) is 0 Å². The zero-order valence-electron chi connectivity index (χ0n) is 23.8. The number of carbonyl (C=O) groups excluding carboxylic acids is 1. The van der Waals surface area contributed by atoms with Gasteiger partial charge in [-0.1, -0.05) is 64.3 Å². The van der Waals surface area contributed by atoms with Gasteiger partial charge >= 0.3 is 5.97 Å². The highest BCUT2D eigenvalue weighted by atomic mass is 16.5. The van der Waals surface area contributed by atoms with Crippen molar-refractivity contribution >= 4 is 5.97 Å². The van der Waals surface area contributed by atoms with E-state index in [0.29, 0.717) is 16.7 Å². The highest BCUT2D eigenvalue weighted by Gasteiger charge is 2.63. The van der Waals surface area contributed by atoms with Crippen LogP contribution in [0.15, 0.2) is 22.8 Å². The molecule has 0 saturated heterocycles. The Balaban J connectivity index is 1.63. The third-order valence-corrected chi connectivity index (χ3v) is 11.9. The molecule has 0 aromatic heterocycles. The van der Waals surface area contributed by atoms with E-state index in [2.05, 4.69) is 61.5 Å². The smallest absolute Gasteiger partial charge is 0.302 e. The summed E-state index contributed by atoms with van der Waals surface area (Å²) in [4.78, 5) is 11.8. The Morgan fingerprint density at radius 1 is 0.971 bits per heavy atom. The normalized spacial score (nSPS) is 41.7. The maximum atomic E-state index is 11.8. The van der Waals surface area contributed by atoms with Gasteiger partial charge in [0.2, 0.25) is 0 Å². The fraction of sp³-hybridized carbons (Fsp3) is 0.844. The Bertz CT molecular complexity index is 873. The fourth-order valence-electron chi connectivity index (χ4n) is 9.86. The number of esters is 1. The third-order valence-electron chi connectivity index (χ3n) is 11.9. The molecule has 192 valence electrons. The van der Waals surface area contributed by atoms with Gasteiger partial charge in [-0.05, 0) is 112 Å². The van der Waals surface area contributed by atoms with E-state index in [1.165, 1.54) is 63.4 Å². The minimum Gasteiger partial charge on any atom is -0.462 e. The number of hydrogen-bond acceptors (Lipinski definition) is 2. The molecule has 0 aromatic carbocycles. The van der Waals surface area contributed by atoms with E-state index in [9.17, 15) is 4.79 Å². The molecule has 0 N–H and O–H groups in total. The van der Waals surface area contributed by atoms with Crippen LogP contribution < -0.4 is 0 Å². The van der Waals surface area contributed by atoms with Gasteiger partial charge in [0, 0.05) is 12.3 Å². The first-order chi connectivity index (χ1) is 15.8. The maximum absolute atomic E-state index is 11.8. The highest BCUT2D eigenvalue weighted by molar-refractivity contribution is 5.66. The first-order valence-electron chi connectivity index (χ1n) is 14.3. The number of allylic oxidation sites excluding steroid dienone is 4. The van der Waals surface area contributed by atoms with Crippen molar-refractivity contribution in [2.75, 3.05) is 0 Å². The second kappa shape index (κ2) is 8.81. The van der Waals surface area contributed by atoms with Crippen LogP contribution in [0.5, 0.6) is 0 Å². The molecule has 2 saturated carbocycles. The molecule has 2 heteroatoms. The van der Waals surface area contributed by atoms with Crippen molar-refractivity contribution < 1.29 is 9.53 Å². The van der Waals surface area contributed by atoms with E-state index in [1.807, 2.05) is 11.1 Å². The lowest BCUT2D eigenvalue weighted by molar-refractivity contribution is -0.167. The summed E-state index contributed by atoms with van der Waals surface area (Å²) in [7, 11) is 0. The summed E-state index contributed by atoms with van der Waals surface area (Å²) in [5, 5.41) is 0. The lowest BCUT2D eigenvalue weighted by Crippen LogP contribution is -2.55. The second-order valence-electron chi connectivity index (χ2n) is 14.2. The molecule has 0 aromatic rings. The fourth-order valence-corrected chi connectivity index (χ4v) is 9.86. The van der Waals surface area contributed by atoms with Crippen molar-refractivity contribution in [1.82, 2.24) is 0 Å². The van der Waals surface area contributed by atoms with Gasteiger partial charge in [-0.3, -0.25) is 4.79 Å². The number of hydrogen-bond donors (Lipinski definition) is 0. The molecule has 2 nitrogen and oxygen atoms in total. The van der Waals surface area contributed by atoms with Crippen molar-refractivity contribution in [3.63, 3.8) is 0 Å². The zero-order chi connectivity index (χ0) is 25.1. The average Bonchev–Trinajstić information content (AvgIpc) is 3.01. The number of fused-ring (bicyclic) bond motifs is 4. The number of ether oxygens (including phenoxy) is 1. The van der Waals surface area contributed by atoms with Crippen LogP contribution in [0, 0.1) is 39.4 Å². The van der Waals surface area contributed by atoms with Crippen LogP contribution >= 0.6 is 0 Å². The maximum Gasteiger partial charge on any atom is 0.302 e. The van der Waals surface area contributed by atoms with Crippen molar-refractivity contribution in [3.8, 4) is 0 Å². The Hall–Kier alpha value is -1.05. The van der Waals surface area contributed by atoms with Crippen LogP contribution in [0.4, 0.5) is 0 Å². The monoisotopic (exact) mass is 468 g/mol. The first-order valence-corrected chi connectivity index (χ1v) is 14.3. The number of carbonyl (C=O) groups is 1. The molecule has 4 aliphatic rings. The standard InChI is InChI=1S/C32H52O2/c1-21(2)11-10-12-22(3)24-15-19-32(9)26-13-14-27-29(5,6)28(34-23(4)33)17-18-30(27,7)25(26)16-20-31(24,32)8/h11,22,24,27-28H,10,12-20H2,1-9H3/t22-,24+,27-,28+,30-,31+,32-/m1/s1. The third kappa shape index (κ3) is 3.85. The molecule has 0 radical (unpaired) electrons. The topological polar surface area (TPSA) is 26.3 Å². The van der Waals surface area contributed by atoms with E-state index in [1.54, 1.807) is 6.92 Å². The molecule has 0 bridgehead atoms. The SMILES string of the molecule is CC(=O)O[C@H]1CC[C@]2(C)C3=C(CC[C@@H]2C1(C)C)[C@@]1(C)CC[C@@H]([C@H](C)CCC=C(C)C)[C@]1(C)CC3. The van der Waals surface area contributed by atoms with E-state index >= 15 is 0 Å². The first kappa shape index (κ1) is 26.0. The van der Waals surface area contributed by atoms with Gasteiger partial charge in [0.15, 0.2) is 0 Å². The summed E-state index contributed by atoms with van der Waals surface area (Å²) in [6, 6.07) is 0. The minimum atomic E-state index is -0.117. The molecule has 4 rings (SSSR count). The van der Waals surface area contributed by atoms with Gasteiger partial charge in [-0.2, -0.15) is 0 Å². The molecule has 0 amide bonds. The minimum absolute atomic E-state index is 0.0382. The van der Waals surface area contributed by atoms with Crippen LogP contribution in [-0.2, 0) is 9.53 Å². The van der Waals surface area contributed by atoms with Gasteiger partial charge in [0.25, 0.3) is 0 Å². The van der Waals surface area contributed by atoms with Gasteiger partial charge in [-0.15, -0.1) is 0 Å². The highest BCUT2D eigenvalue weighted by Crippen LogP contribution is 2.72. The summed E-state index contributed by atoms with van der Waals surface area (Å²) in [6.07, 6.45) is 15.2. The largest absolute Gasteiger partial charge is 0.462 e. The molecule has 0 heterocycles. The van der Waals surface area contributed by atoms with E-state index in [-0.39, 0.29) is 22.9 Å². The second-order valence-corrected chi connectivity index (χ2v) is 14.2. The van der Waals surface area contributed by atoms with Crippen LogP contribution in [0.3, 0.4) is 0 Å². The lowest BCUT2D eigenvalue weighted by atomic mass is 9.43. The molecule has 0 aliphatic heterocycles. The summed E-state index contributed by atoms with van der Waals surface area (Å²) in [6.45, 7) is 21.2. The molecule has 4 aliphatic carbocycles. The Morgan fingerprint density at radius 2 is 1.68 bits per heavy atom. The van der Waals surface area contributed by atoms with Crippen LogP contribution in [0.25, 0.3) is 0 Å². The molecule has 0 spiro atoms. The predicted octanol–water partition coefficient (Wildman–Crippen LogP) is 9.05. The molecule has 0 unspecified atom stereocenters. The van der Waals surface area contributed by atoms with E-state index in [0.717, 1.165) is 18.3 Å². The van der Waals surface area contributed by atoms with Gasteiger partial charge < -0.3 is 4.74 Å². The Morgan fingerprint density at radius 3 is 2.32 bits per heavy atom. The summed E-state index contributed by atoms with van der Waals surface area (Å²) in [5.41, 5.74) is 6.25. The van der Waals surface area contributed by atoms with Crippen LogP contribution in [-0.4, -0.2) is 12.1 Å². The summed E-state index contributed by atoms with van der Waals surface area (Å²) < 4.78 is 5.87. The van der Waals surface area contributed by atoms with Crippen molar-refractivity contribution in [2.24, 2.45) is 39.4 Å². The lowest BCUT2D eigenvalue weighted by Gasteiger charge is -2.62. The summed E-state index contributed by atoms with van der Waals surface area (Å²) >= 11 is 0. The van der Waals surface area contributed by atoms with E-state index < -0.39 is 0 Å². The van der Waals surface area contributed by atoms with Crippen molar-refractivity contribution in [2.45, 2.75) is 133 Å². The van der Waals surface area contributed by atoms with Crippen molar-refractivity contribution in [3.05, 3.63) is 22.8 Å². The summed E-state index contributed by atoms with van der Waals surface area (Å²) in [5.74, 6) is 2.13. The Kier molecular flexibility index (Phi) is 6.74. The van der Waals surface area contributed by atoms with Crippen LogP contribution in [0.1, 0.15) is 127 Å². The van der Waals surface area contributed by atoms with E-state index in [4.69, 9.17) is 4.74 Å². The van der Waals surface area contributed by atoms with Crippen LogP contribution in [0.2, 0.25) is 0 Å². The molecular weight excluding hydrogens is 416 g/mol. The average molecular weight is 469 g/mol. The molecule has 7 atom stereocenters.